The van der Waals surface area contributed by atoms with Crippen LogP contribution in [0, 0.1) is 11.3 Å². The number of hydrogen-bond acceptors (Lipinski definition) is 9. The number of nitriles is 1. The molecule has 32 heavy (non-hydrogen) atoms. The van der Waals surface area contributed by atoms with Crippen molar-refractivity contribution in [3.8, 4) is 6.07 Å². The summed E-state index contributed by atoms with van der Waals surface area (Å²) < 4.78 is 10.4. The largest absolute Gasteiger partial charge is 0.462 e. The molecule has 8 nitrogen and oxygen atoms in total. The first-order valence-corrected chi connectivity index (χ1v) is 12.1. The van der Waals surface area contributed by atoms with Crippen LogP contribution in [-0.4, -0.2) is 42.5 Å². The summed E-state index contributed by atoms with van der Waals surface area (Å²) in [6.07, 6.45) is 2.21. The van der Waals surface area contributed by atoms with Gasteiger partial charge >= 0.3 is 11.9 Å². The molecule has 0 aliphatic rings. The molecule has 1 aromatic carbocycles. The molecule has 1 heterocycles. The fourth-order valence-corrected chi connectivity index (χ4v) is 4.19. The highest BCUT2D eigenvalue weighted by Gasteiger charge is 2.27. The number of rotatable bonds is 10. The molecule has 1 aromatic heterocycles. The van der Waals surface area contributed by atoms with Crippen molar-refractivity contribution >= 4 is 57.5 Å². The van der Waals surface area contributed by atoms with E-state index >= 15 is 0 Å². The van der Waals surface area contributed by atoms with Gasteiger partial charge in [-0.1, -0.05) is 11.6 Å². The number of carbonyl (C=O) groups excluding carboxylic acids is 3. The zero-order valence-electron chi connectivity index (χ0n) is 17.5. The topological polar surface area (TPSA) is 132 Å². The molecule has 170 valence electrons. The lowest BCUT2D eigenvalue weighted by atomic mass is 10.1. The minimum atomic E-state index is -0.918. The maximum atomic E-state index is 12.8. The van der Waals surface area contributed by atoms with Gasteiger partial charge in [0.2, 0.25) is 0 Å². The van der Waals surface area contributed by atoms with Crippen LogP contribution in [0.2, 0.25) is 5.02 Å². The van der Waals surface area contributed by atoms with Crippen molar-refractivity contribution < 1.29 is 23.9 Å². The molecule has 0 saturated heterocycles. The van der Waals surface area contributed by atoms with E-state index in [4.69, 9.17) is 26.8 Å². The molecule has 0 bridgehead atoms. The van der Waals surface area contributed by atoms with Crippen LogP contribution < -0.4 is 11.1 Å². The van der Waals surface area contributed by atoms with Gasteiger partial charge in [-0.2, -0.15) is 17.0 Å². The number of nitrogen functional groups attached to an aromatic ring is 1. The Hall–Kier alpha value is -2.74. The van der Waals surface area contributed by atoms with E-state index in [1.807, 2.05) is 12.3 Å². The number of esters is 2. The molecule has 1 atom stereocenters. The number of amides is 1. The Kier molecular flexibility index (Phi) is 9.84. The van der Waals surface area contributed by atoms with Gasteiger partial charge in [0.05, 0.1) is 12.2 Å². The van der Waals surface area contributed by atoms with Crippen molar-refractivity contribution in [1.82, 2.24) is 5.32 Å². The molecule has 3 N–H and O–H groups in total. The average molecular weight is 496 g/mol. The van der Waals surface area contributed by atoms with E-state index in [2.05, 4.69) is 5.32 Å². The third-order valence-corrected chi connectivity index (χ3v) is 6.21. The van der Waals surface area contributed by atoms with Gasteiger partial charge in [-0.3, -0.25) is 4.79 Å². The van der Waals surface area contributed by atoms with E-state index in [-0.39, 0.29) is 34.2 Å². The number of thioether (sulfide) groups is 1. The number of anilines is 1. The van der Waals surface area contributed by atoms with Gasteiger partial charge in [0.1, 0.15) is 28.6 Å². The standard InChI is InChI=1S/C21H22ClN3O5S2/c1-3-29-21(28)17-15(14(10-23)18(24)32-17)11-30-20(27)16(8-9-31-2)25-19(26)12-4-6-13(22)7-5-12/h4-7,16H,3,8-9,11,24H2,1-2H3,(H,25,26)/t16-/m1/s1. The Morgan fingerprint density at radius 3 is 2.56 bits per heavy atom. The minimum absolute atomic E-state index is 0.0664. The lowest BCUT2D eigenvalue weighted by molar-refractivity contribution is -0.147. The fourth-order valence-electron chi connectivity index (χ4n) is 2.68. The molecule has 0 saturated carbocycles. The minimum Gasteiger partial charge on any atom is -0.462 e. The second kappa shape index (κ2) is 12.3. The number of nitrogens with zero attached hydrogens (tertiary/aromatic N) is 1. The summed E-state index contributed by atoms with van der Waals surface area (Å²) in [5, 5.41) is 12.7. The van der Waals surface area contributed by atoms with Crippen LogP contribution in [0.25, 0.3) is 0 Å². The molecule has 0 aliphatic heterocycles. The van der Waals surface area contributed by atoms with Crippen molar-refractivity contribution in [3.05, 3.63) is 50.9 Å². The Balaban J connectivity index is 2.16. The van der Waals surface area contributed by atoms with Gasteiger partial charge in [-0.25, -0.2) is 9.59 Å². The van der Waals surface area contributed by atoms with Crippen molar-refractivity contribution in [2.45, 2.75) is 26.0 Å². The fraction of sp³-hybridized carbons (Fsp3) is 0.333. The van der Waals surface area contributed by atoms with Gasteiger partial charge < -0.3 is 20.5 Å². The first-order chi connectivity index (χ1) is 15.3. The van der Waals surface area contributed by atoms with Crippen LogP contribution in [0.15, 0.2) is 24.3 Å². The number of halogens is 1. The van der Waals surface area contributed by atoms with Crippen molar-refractivity contribution in [2.75, 3.05) is 24.3 Å². The molecule has 0 radical (unpaired) electrons. The molecule has 0 fully saturated rings. The first kappa shape index (κ1) is 25.5. The molecular weight excluding hydrogens is 474 g/mol. The van der Waals surface area contributed by atoms with Gasteiger partial charge in [0.25, 0.3) is 5.91 Å². The SMILES string of the molecule is CCOC(=O)c1sc(N)c(C#N)c1COC(=O)[C@@H](CCSC)NC(=O)c1ccc(Cl)cc1. The molecule has 2 aromatic rings. The Morgan fingerprint density at radius 2 is 1.97 bits per heavy atom. The monoisotopic (exact) mass is 495 g/mol. The maximum absolute atomic E-state index is 12.8. The highest BCUT2D eigenvalue weighted by Crippen LogP contribution is 2.32. The normalized spacial score (nSPS) is 11.3. The van der Waals surface area contributed by atoms with E-state index in [9.17, 15) is 19.6 Å². The molecule has 2 rings (SSSR count). The number of thiophene rings is 1. The molecule has 1 amide bonds. The quantitative estimate of drug-likeness (QED) is 0.477. The summed E-state index contributed by atoms with van der Waals surface area (Å²) >= 11 is 8.26. The predicted octanol–water partition coefficient (Wildman–Crippen LogP) is 3.63. The van der Waals surface area contributed by atoms with Crippen LogP contribution >= 0.6 is 34.7 Å². The van der Waals surface area contributed by atoms with Gasteiger partial charge in [0, 0.05) is 16.1 Å². The van der Waals surface area contributed by atoms with Crippen LogP contribution in [0.1, 0.15) is 44.5 Å². The number of ether oxygens (including phenoxy) is 2. The predicted molar refractivity (Wildman–Crippen MR) is 125 cm³/mol. The summed E-state index contributed by atoms with van der Waals surface area (Å²) in [6, 6.07) is 7.26. The summed E-state index contributed by atoms with van der Waals surface area (Å²) in [7, 11) is 0. The van der Waals surface area contributed by atoms with Crippen molar-refractivity contribution in [1.29, 1.82) is 5.26 Å². The van der Waals surface area contributed by atoms with E-state index in [0.29, 0.717) is 22.8 Å². The van der Waals surface area contributed by atoms with Crippen LogP contribution in [0.3, 0.4) is 0 Å². The smallest absolute Gasteiger partial charge is 0.348 e. The van der Waals surface area contributed by atoms with Gasteiger partial charge in [0.15, 0.2) is 0 Å². The molecular formula is C21H22ClN3O5S2. The van der Waals surface area contributed by atoms with E-state index < -0.39 is 23.9 Å². The first-order valence-electron chi connectivity index (χ1n) is 9.52. The lowest BCUT2D eigenvalue weighted by Gasteiger charge is -2.17. The van der Waals surface area contributed by atoms with Crippen LogP contribution in [0.4, 0.5) is 5.00 Å². The van der Waals surface area contributed by atoms with Crippen LogP contribution in [0.5, 0.6) is 0 Å². The zero-order chi connectivity index (χ0) is 23.7. The number of hydrogen-bond donors (Lipinski definition) is 2. The summed E-state index contributed by atoms with van der Waals surface area (Å²) in [4.78, 5) is 37.6. The molecule has 0 unspecified atom stereocenters. The van der Waals surface area contributed by atoms with Crippen LogP contribution in [-0.2, 0) is 20.9 Å². The Bertz CT molecular complexity index is 1020. The number of carbonyl (C=O) groups is 3. The van der Waals surface area contributed by atoms with Gasteiger partial charge in [-0.15, -0.1) is 11.3 Å². The zero-order valence-corrected chi connectivity index (χ0v) is 19.9. The van der Waals surface area contributed by atoms with E-state index in [0.717, 1.165) is 11.3 Å². The number of nitrogens with one attached hydrogen (secondary N) is 1. The molecule has 11 heteroatoms. The highest BCUT2D eigenvalue weighted by atomic mass is 35.5. The highest BCUT2D eigenvalue weighted by molar-refractivity contribution is 7.98. The summed E-state index contributed by atoms with van der Waals surface area (Å²) in [6.45, 7) is 1.45. The van der Waals surface area contributed by atoms with E-state index in [1.165, 1.54) is 11.8 Å². The Morgan fingerprint density at radius 1 is 1.28 bits per heavy atom. The van der Waals surface area contributed by atoms with Crippen molar-refractivity contribution in [3.63, 3.8) is 0 Å². The maximum Gasteiger partial charge on any atom is 0.348 e. The second-order valence-electron chi connectivity index (χ2n) is 6.40. The molecule has 0 spiro atoms. The Labute approximate surface area is 199 Å². The third kappa shape index (κ3) is 6.63. The third-order valence-electron chi connectivity index (χ3n) is 4.27. The summed E-state index contributed by atoms with van der Waals surface area (Å²) in [5.74, 6) is -1.19. The lowest BCUT2D eigenvalue weighted by Crippen LogP contribution is -2.42. The average Bonchev–Trinajstić information content (AvgIpc) is 3.10. The number of benzene rings is 1. The second-order valence-corrected chi connectivity index (χ2v) is 8.88. The van der Waals surface area contributed by atoms with E-state index in [1.54, 1.807) is 31.2 Å². The van der Waals surface area contributed by atoms with Gasteiger partial charge in [-0.05, 0) is 49.6 Å². The van der Waals surface area contributed by atoms with Crippen molar-refractivity contribution in [2.24, 2.45) is 0 Å². The summed E-state index contributed by atoms with van der Waals surface area (Å²) in [5.41, 5.74) is 6.44. The number of nitrogens with two attached hydrogens (primary N) is 1. The molecule has 0 aliphatic carbocycles.